The lowest BCUT2D eigenvalue weighted by Crippen LogP contribution is -2.17. The van der Waals surface area contributed by atoms with E-state index in [0.29, 0.717) is 29.0 Å². The molecule has 0 aliphatic rings. The smallest absolute Gasteiger partial charge is 0.251 e. The Morgan fingerprint density at radius 3 is 2.89 bits per heavy atom. The molecule has 0 saturated carbocycles. The lowest BCUT2D eigenvalue weighted by Gasteiger charge is -2.11. The van der Waals surface area contributed by atoms with Crippen molar-refractivity contribution >= 4 is 32.4 Å². The van der Waals surface area contributed by atoms with Gasteiger partial charge in [-0.2, -0.15) is 0 Å². The number of fused-ring (bicyclic) bond motifs is 3. The molecule has 0 bridgehead atoms. The van der Waals surface area contributed by atoms with Crippen LogP contribution >= 0.6 is 11.3 Å². The summed E-state index contributed by atoms with van der Waals surface area (Å²) < 4.78 is 22.6. The number of carbonyl (C=O) groups is 1. The number of benzene rings is 2. The average Bonchev–Trinajstić information content (AvgIpc) is 3.24. The van der Waals surface area contributed by atoms with Crippen LogP contribution in [0.3, 0.4) is 0 Å². The van der Waals surface area contributed by atoms with Gasteiger partial charge in [0, 0.05) is 31.5 Å². The van der Waals surface area contributed by atoms with E-state index in [-0.39, 0.29) is 17.8 Å². The molecule has 0 aliphatic heterocycles. The zero-order chi connectivity index (χ0) is 19.8. The second kappa shape index (κ2) is 7.31. The lowest BCUT2D eigenvalue weighted by atomic mass is 10.0. The first kappa shape index (κ1) is 18.5. The molecule has 0 radical (unpaired) electrons. The second-order valence-electron chi connectivity index (χ2n) is 6.44. The van der Waals surface area contributed by atoms with Gasteiger partial charge < -0.3 is 15.8 Å². The SMILES string of the molecule is CNC(=O)c1ccc2c(c1)sc1nc(-c3ccc(C(N)COC)cc3F)cn12. The molecule has 4 rings (SSSR count). The fourth-order valence-electron chi connectivity index (χ4n) is 3.16. The van der Waals surface area contributed by atoms with Gasteiger partial charge in [-0.1, -0.05) is 17.4 Å². The van der Waals surface area contributed by atoms with Crippen LogP contribution in [-0.2, 0) is 4.74 Å². The van der Waals surface area contributed by atoms with Crippen molar-refractivity contribution in [3.63, 3.8) is 0 Å². The summed E-state index contributed by atoms with van der Waals surface area (Å²) in [6.07, 6.45) is 1.81. The summed E-state index contributed by atoms with van der Waals surface area (Å²) in [5.41, 5.74) is 9.13. The molecule has 0 fully saturated rings. The Morgan fingerprint density at radius 1 is 1.36 bits per heavy atom. The van der Waals surface area contributed by atoms with Gasteiger partial charge in [-0.05, 0) is 35.9 Å². The predicted octanol–water partition coefficient (Wildman–Crippen LogP) is 3.36. The van der Waals surface area contributed by atoms with Crippen LogP contribution in [0.25, 0.3) is 26.4 Å². The zero-order valence-corrected chi connectivity index (χ0v) is 16.2. The fraction of sp³-hybridized carbons (Fsp3) is 0.200. The quantitative estimate of drug-likeness (QED) is 0.540. The number of hydrogen-bond acceptors (Lipinski definition) is 5. The van der Waals surface area contributed by atoms with Crippen LogP contribution in [0, 0.1) is 5.82 Å². The minimum Gasteiger partial charge on any atom is -0.383 e. The summed E-state index contributed by atoms with van der Waals surface area (Å²) in [6, 6.07) is 10.0. The number of thiazole rings is 1. The maximum atomic E-state index is 14.7. The number of rotatable bonds is 5. The molecule has 0 spiro atoms. The molecule has 3 N–H and O–H groups in total. The Labute approximate surface area is 164 Å². The molecule has 6 nitrogen and oxygen atoms in total. The van der Waals surface area contributed by atoms with Crippen LogP contribution in [-0.4, -0.2) is 36.1 Å². The summed E-state index contributed by atoms with van der Waals surface area (Å²) in [7, 11) is 3.16. The van der Waals surface area contributed by atoms with Crippen LogP contribution in [0.5, 0.6) is 0 Å². The van der Waals surface area contributed by atoms with E-state index in [1.165, 1.54) is 17.4 Å². The second-order valence-corrected chi connectivity index (χ2v) is 7.45. The minimum absolute atomic E-state index is 0.137. The number of methoxy groups -OCH3 is 1. The standard InChI is InChI=1S/C20H19FN4O2S/c1-23-19(26)12-4-6-17-18(8-12)28-20-24-16(9-25(17)20)13-5-3-11(7-14(13)21)15(22)10-27-2/h3-9,15H,10,22H2,1-2H3,(H,23,26). The van der Waals surface area contributed by atoms with Crippen molar-refractivity contribution in [2.24, 2.45) is 5.73 Å². The summed E-state index contributed by atoms with van der Waals surface area (Å²) in [5, 5.41) is 2.62. The number of carbonyl (C=O) groups excluding carboxylic acids is 1. The molecule has 8 heteroatoms. The monoisotopic (exact) mass is 398 g/mol. The van der Waals surface area contributed by atoms with Gasteiger partial charge >= 0.3 is 0 Å². The molecule has 2 heterocycles. The van der Waals surface area contributed by atoms with Crippen LogP contribution in [0.1, 0.15) is 22.0 Å². The van der Waals surface area contributed by atoms with Crippen molar-refractivity contribution < 1.29 is 13.9 Å². The lowest BCUT2D eigenvalue weighted by molar-refractivity contribution is 0.0963. The number of aromatic nitrogens is 2. The number of amides is 1. The first-order chi connectivity index (χ1) is 13.5. The Hall–Kier alpha value is -2.81. The Balaban J connectivity index is 1.73. The molecule has 4 aromatic rings. The molecular weight excluding hydrogens is 379 g/mol. The number of imidazole rings is 1. The van der Waals surface area contributed by atoms with Gasteiger partial charge in [0.05, 0.1) is 28.6 Å². The van der Waals surface area contributed by atoms with Crippen LogP contribution in [0.4, 0.5) is 4.39 Å². The maximum Gasteiger partial charge on any atom is 0.251 e. The van der Waals surface area contributed by atoms with Gasteiger partial charge in [0.25, 0.3) is 5.91 Å². The van der Waals surface area contributed by atoms with Crippen molar-refractivity contribution in [1.29, 1.82) is 0 Å². The van der Waals surface area contributed by atoms with Crippen molar-refractivity contribution in [1.82, 2.24) is 14.7 Å². The van der Waals surface area contributed by atoms with E-state index in [0.717, 1.165) is 15.2 Å². The number of nitrogens with two attached hydrogens (primary N) is 1. The number of halogens is 1. The number of ether oxygens (including phenoxy) is 1. The predicted molar refractivity (Wildman–Crippen MR) is 108 cm³/mol. The number of nitrogens with one attached hydrogen (secondary N) is 1. The number of nitrogens with zero attached hydrogens (tertiary/aromatic N) is 2. The normalized spacial score (nSPS) is 12.6. The average molecular weight is 398 g/mol. The highest BCUT2D eigenvalue weighted by Gasteiger charge is 2.16. The summed E-state index contributed by atoms with van der Waals surface area (Å²) >= 11 is 1.45. The fourth-order valence-corrected chi connectivity index (χ4v) is 4.21. The first-order valence-electron chi connectivity index (χ1n) is 8.70. The maximum absolute atomic E-state index is 14.7. The van der Waals surface area contributed by atoms with E-state index in [1.54, 1.807) is 38.6 Å². The topological polar surface area (TPSA) is 81.7 Å². The van der Waals surface area contributed by atoms with Crippen LogP contribution < -0.4 is 11.1 Å². The molecule has 0 aliphatic carbocycles. The Bertz CT molecular complexity index is 1180. The minimum atomic E-state index is -0.377. The van der Waals surface area contributed by atoms with Crippen molar-refractivity contribution in [2.75, 3.05) is 20.8 Å². The van der Waals surface area contributed by atoms with E-state index >= 15 is 0 Å². The molecule has 1 amide bonds. The highest BCUT2D eigenvalue weighted by atomic mass is 32.1. The molecule has 144 valence electrons. The van der Waals surface area contributed by atoms with Gasteiger partial charge in [0.15, 0.2) is 4.96 Å². The van der Waals surface area contributed by atoms with E-state index in [2.05, 4.69) is 10.3 Å². The molecular formula is C20H19FN4O2S. The van der Waals surface area contributed by atoms with E-state index in [9.17, 15) is 9.18 Å². The third-order valence-electron chi connectivity index (χ3n) is 4.63. The van der Waals surface area contributed by atoms with Crippen LogP contribution in [0.15, 0.2) is 42.6 Å². The van der Waals surface area contributed by atoms with Gasteiger partial charge in [-0.3, -0.25) is 9.20 Å². The number of hydrogen-bond donors (Lipinski definition) is 2. The molecule has 2 aromatic heterocycles. The summed E-state index contributed by atoms with van der Waals surface area (Å²) in [5.74, 6) is -0.511. The Morgan fingerprint density at radius 2 is 2.18 bits per heavy atom. The largest absolute Gasteiger partial charge is 0.383 e. The Kier molecular flexibility index (Phi) is 4.84. The summed E-state index contributed by atoms with van der Waals surface area (Å²) in [6.45, 7) is 0.322. The zero-order valence-electron chi connectivity index (χ0n) is 15.4. The van der Waals surface area contributed by atoms with E-state index < -0.39 is 0 Å². The highest BCUT2D eigenvalue weighted by molar-refractivity contribution is 7.23. The van der Waals surface area contributed by atoms with Crippen LogP contribution in [0.2, 0.25) is 0 Å². The third kappa shape index (κ3) is 3.15. The van der Waals surface area contributed by atoms with Crippen molar-refractivity contribution in [2.45, 2.75) is 6.04 Å². The molecule has 28 heavy (non-hydrogen) atoms. The first-order valence-corrected chi connectivity index (χ1v) is 9.51. The van der Waals surface area contributed by atoms with Gasteiger partial charge in [0.2, 0.25) is 0 Å². The van der Waals surface area contributed by atoms with Crippen molar-refractivity contribution in [3.8, 4) is 11.3 Å². The molecule has 2 aromatic carbocycles. The van der Waals surface area contributed by atoms with Gasteiger partial charge in [0.1, 0.15) is 5.82 Å². The molecule has 1 unspecified atom stereocenters. The van der Waals surface area contributed by atoms with Gasteiger partial charge in [-0.25, -0.2) is 9.37 Å². The van der Waals surface area contributed by atoms with Crippen molar-refractivity contribution in [3.05, 3.63) is 59.5 Å². The summed E-state index contributed by atoms with van der Waals surface area (Å²) in [4.78, 5) is 17.1. The molecule has 1 atom stereocenters. The molecule has 0 saturated heterocycles. The van der Waals surface area contributed by atoms with Gasteiger partial charge in [-0.15, -0.1) is 0 Å². The van der Waals surface area contributed by atoms with E-state index in [4.69, 9.17) is 10.5 Å². The third-order valence-corrected chi connectivity index (χ3v) is 5.64. The highest BCUT2D eigenvalue weighted by Crippen LogP contribution is 2.31. The van der Waals surface area contributed by atoms with E-state index in [1.807, 2.05) is 16.5 Å².